The van der Waals surface area contributed by atoms with E-state index in [2.05, 4.69) is 27.5 Å². The highest BCUT2D eigenvalue weighted by atomic mass is 32.1. The van der Waals surface area contributed by atoms with Crippen LogP contribution in [0.2, 0.25) is 0 Å². The molecule has 0 atom stereocenters. The number of H-pyrrole nitrogens is 1. The van der Waals surface area contributed by atoms with Crippen LogP contribution in [-0.2, 0) is 0 Å². The smallest absolute Gasteiger partial charge is 0.0723 e. The average molecular weight is 226 g/mol. The molecule has 0 radical (unpaired) electrons. The molecule has 0 saturated carbocycles. The SMILES string of the molecule is c1ccc(-c2c[nH]cc2-c2cccs2)nc1. The molecule has 0 unspecified atom stereocenters. The van der Waals surface area contributed by atoms with Gasteiger partial charge in [0.05, 0.1) is 5.69 Å². The molecule has 3 heteroatoms. The van der Waals surface area contributed by atoms with Crippen LogP contribution in [0.3, 0.4) is 0 Å². The van der Waals surface area contributed by atoms with E-state index in [-0.39, 0.29) is 0 Å². The number of aromatic nitrogens is 2. The van der Waals surface area contributed by atoms with Gasteiger partial charge in [-0.3, -0.25) is 4.98 Å². The topological polar surface area (TPSA) is 28.7 Å². The summed E-state index contributed by atoms with van der Waals surface area (Å²) in [6.07, 6.45) is 5.84. The Morgan fingerprint density at radius 3 is 2.69 bits per heavy atom. The van der Waals surface area contributed by atoms with Gasteiger partial charge in [0.25, 0.3) is 0 Å². The van der Waals surface area contributed by atoms with Crippen LogP contribution in [0.1, 0.15) is 0 Å². The fourth-order valence-corrected chi connectivity index (χ4v) is 2.49. The summed E-state index contributed by atoms with van der Waals surface area (Å²) >= 11 is 1.74. The number of nitrogens with zero attached hydrogens (tertiary/aromatic N) is 1. The van der Waals surface area contributed by atoms with Crippen molar-refractivity contribution in [3.63, 3.8) is 0 Å². The van der Waals surface area contributed by atoms with Gasteiger partial charge >= 0.3 is 0 Å². The zero-order valence-electron chi connectivity index (χ0n) is 8.55. The zero-order valence-corrected chi connectivity index (χ0v) is 9.37. The molecule has 3 aromatic rings. The van der Waals surface area contributed by atoms with Gasteiger partial charge in [0.1, 0.15) is 0 Å². The highest BCUT2D eigenvalue weighted by Crippen LogP contribution is 2.33. The Kier molecular flexibility index (Phi) is 2.31. The molecular weight excluding hydrogens is 216 g/mol. The summed E-state index contributed by atoms with van der Waals surface area (Å²) < 4.78 is 0. The standard InChI is InChI=1S/C13H10N2S/c1-2-6-15-12(4-1)10-8-14-9-11(10)13-5-3-7-16-13/h1-9,14H. The fraction of sp³-hybridized carbons (Fsp3) is 0. The first-order valence-corrected chi connectivity index (χ1v) is 5.95. The lowest BCUT2D eigenvalue weighted by Crippen LogP contribution is -1.80. The van der Waals surface area contributed by atoms with Crippen molar-refractivity contribution in [2.24, 2.45) is 0 Å². The Morgan fingerprint density at radius 2 is 1.94 bits per heavy atom. The molecule has 16 heavy (non-hydrogen) atoms. The first-order valence-electron chi connectivity index (χ1n) is 5.07. The minimum atomic E-state index is 1.01. The maximum atomic E-state index is 4.38. The number of aromatic amines is 1. The first kappa shape index (κ1) is 9.36. The maximum absolute atomic E-state index is 4.38. The van der Waals surface area contributed by atoms with Crippen molar-refractivity contribution >= 4 is 11.3 Å². The summed E-state index contributed by atoms with van der Waals surface area (Å²) in [4.78, 5) is 8.79. The van der Waals surface area contributed by atoms with E-state index in [1.54, 1.807) is 11.3 Å². The zero-order chi connectivity index (χ0) is 10.8. The maximum Gasteiger partial charge on any atom is 0.0723 e. The monoisotopic (exact) mass is 226 g/mol. The lowest BCUT2D eigenvalue weighted by Gasteiger charge is -2.00. The molecule has 3 aromatic heterocycles. The van der Waals surface area contributed by atoms with Crippen LogP contribution in [0.5, 0.6) is 0 Å². The highest BCUT2D eigenvalue weighted by molar-refractivity contribution is 7.13. The van der Waals surface area contributed by atoms with Crippen molar-refractivity contribution in [2.45, 2.75) is 0 Å². The molecule has 1 N–H and O–H groups in total. The lowest BCUT2D eigenvalue weighted by molar-refractivity contribution is 1.32. The van der Waals surface area contributed by atoms with Gasteiger partial charge in [0.15, 0.2) is 0 Å². The molecule has 0 bridgehead atoms. The second-order valence-electron chi connectivity index (χ2n) is 3.47. The van der Waals surface area contributed by atoms with E-state index in [0.29, 0.717) is 0 Å². The largest absolute Gasteiger partial charge is 0.366 e. The third kappa shape index (κ3) is 1.55. The third-order valence-electron chi connectivity index (χ3n) is 2.47. The molecule has 0 aromatic carbocycles. The molecule has 0 aliphatic rings. The Balaban J connectivity index is 2.14. The number of thiophene rings is 1. The Morgan fingerprint density at radius 1 is 1.00 bits per heavy atom. The predicted molar refractivity (Wildman–Crippen MR) is 67.3 cm³/mol. The first-order chi connectivity index (χ1) is 7.95. The van der Waals surface area contributed by atoms with Gasteiger partial charge in [0, 0.05) is 34.6 Å². The fourth-order valence-electron chi connectivity index (χ4n) is 1.73. The molecule has 0 fully saturated rings. The van der Waals surface area contributed by atoms with Crippen LogP contribution in [0, 0.1) is 0 Å². The molecule has 0 aliphatic carbocycles. The van der Waals surface area contributed by atoms with Gasteiger partial charge < -0.3 is 4.98 Å². The van der Waals surface area contributed by atoms with Crippen molar-refractivity contribution in [3.8, 4) is 21.7 Å². The van der Waals surface area contributed by atoms with Crippen LogP contribution in [0.4, 0.5) is 0 Å². The van der Waals surface area contributed by atoms with Crippen LogP contribution >= 0.6 is 11.3 Å². The van der Waals surface area contributed by atoms with Crippen LogP contribution in [0.25, 0.3) is 21.7 Å². The molecule has 2 nitrogen and oxygen atoms in total. The summed E-state index contributed by atoms with van der Waals surface area (Å²) in [5, 5.41) is 2.09. The van der Waals surface area contributed by atoms with Crippen molar-refractivity contribution in [3.05, 3.63) is 54.3 Å². The van der Waals surface area contributed by atoms with Gasteiger partial charge in [-0.2, -0.15) is 0 Å². The second-order valence-corrected chi connectivity index (χ2v) is 4.42. The molecule has 78 valence electrons. The average Bonchev–Trinajstić information content (AvgIpc) is 3.01. The second kappa shape index (κ2) is 3.94. The van der Waals surface area contributed by atoms with E-state index >= 15 is 0 Å². The van der Waals surface area contributed by atoms with E-state index < -0.39 is 0 Å². The van der Waals surface area contributed by atoms with Crippen LogP contribution < -0.4 is 0 Å². The Bertz CT molecular complexity index is 567. The quantitative estimate of drug-likeness (QED) is 0.707. The molecule has 0 saturated heterocycles. The number of hydrogen-bond acceptors (Lipinski definition) is 2. The van der Waals surface area contributed by atoms with Gasteiger partial charge in [-0.1, -0.05) is 12.1 Å². The van der Waals surface area contributed by atoms with Crippen molar-refractivity contribution < 1.29 is 0 Å². The summed E-state index contributed by atoms with van der Waals surface area (Å²) in [7, 11) is 0. The van der Waals surface area contributed by atoms with E-state index in [0.717, 1.165) is 11.3 Å². The number of pyridine rings is 1. The van der Waals surface area contributed by atoms with Gasteiger partial charge in [-0.15, -0.1) is 11.3 Å². The summed E-state index contributed by atoms with van der Waals surface area (Å²) in [5.74, 6) is 0. The van der Waals surface area contributed by atoms with Crippen molar-refractivity contribution in [2.75, 3.05) is 0 Å². The number of hydrogen-bond donors (Lipinski definition) is 1. The van der Waals surface area contributed by atoms with E-state index in [1.165, 1.54) is 10.4 Å². The number of rotatable bonds is 2. The lowest BCUT2D eigenvalue weighted by atomic mass is 10.1. The molecular formula is C13H10N2S. The predicted octanol–water partition coefficient (Wildman–Crippen LogP) is 3.81. The van der Waals surface area contributed by atoms with Gasteiger partial charge in [0.2, 0.25) is 0 Å². The van der Waals surface area contributed by atoms with Gasteiger partial charge in [-0.05, 0) is 23.6 Å². The van der Waals surface area contributed by atoms with Crippen LogP contribution in [-0.4, -0.2) is 9.97 Å². The third-order valence-corrected chi connectivity index (χ3v) is 3.38. The summed E-state index contributed by atoms with van der Waals surface area (Å²) in [6.45, 7) is 0. The Hall–Kier alpha value is -1.87. The van der Waals surface area contributed by atoms with E-state index in [1.807, 2.05) is 36.8 Å². The van der Waals surface area contributed by atoms with E-state index in [4.69, 9.17) is 0 Å². The molecule has 0 aliphatic heterocycles. The molecule has 0 spiro atoms. The Labute approximate surface area is 97.6 Å². The minimum absolute atomic E-state index is 1.01. The summed E-state index contributed by atoms with van der Waals surface area (Å²) in [6, 6.07) is 10.2. The molecule has 0 amide bonds. The number of nitrogens with one attached hydrogen (secondary N) is 1. The van der Waals surface area contributed by atoms with Crippen molar-refractivity contribution in [1.29, 1.82) is 0 Å². The van der Waals surface area contributed by atoms with Crippen molar-refractivity contribution in [1.82, 2.24) is 9.97 Å². The van der Waals surface area contributed by atoms with E-state index in [9.17, 15) is 0 Å². The normalized spacial score (nSPS) is 10.5. The minimum Gasteiger partial charge on any atom is -0.366 e. The highest BCUT2D eigenvalue weighted by Gasteiger charge is 2.09. The summed E-state index contributed by atoms with van der Waals surface area (Å²) in [5.41, 5.74) is 3.38. The molecule has 3 heterocycles. The molecule has 3 rings (SSSR count). The van der Waals surface area contributed by atoms with Crippen LogP contribution in [0.15, 0.2) is 54.3 Å². The van der Waals surface area contributed by atoms with Gasteiger partial charge in [-0.25, -0.2) is 0 Å².